The van der Waals surface area contributed by atoms with Crippen molar-refractivity contribution in [3.05, 3.63) is 34.0 Å². The summed E-state index contributed by atoms with van der Waals surface area (Å²) < 4.78 is 9.87. The van der Waals surface area contributed by atoms with Crippen molar-refractivity contribution in [3.63, 3.8) is 0 Å². The molecule has 0 radical (unpaired) electrons. The molecule has 0 bridgehead atoms. The van der Waals surface area contributed by atoms with Gasteiger partial charge >= 0.3 is 5.97 Å². The second kappa shape index (κ2) is 4.36. The van der Waals surface area contributed by atoms with Gasteiger partial charge in [0.25, 0.3) is 0 Å². The van der Waals surface area contributed by atoms with E-state index in [1.807, 2.05) is 0 Å². The van der Waals surface area contributed by atoms with E-state index >= 15 is 0 Å². The topological polar surface area (TPSA) is 39.4 Å². The Kier molecular flexibility index (Phi) is 3.08. The molecular formula is C11H8Cl2O3. The molecule has 3 nitrogen and oxygen atoms in total. The van der Waals surface area contributed by atoms with Crippen LogP contribution in [0.25, 0.3) is 11.0 Å². The third-order valence-electron chi connectivity index (χ3n) is 2.28. The summed E-state index contributed by atoms with van der Waals surface area (Å²) in [5, 5.41) is 1.56. The van der Waals surface area contributed by atoms with Crippen molar-refractivity contribution < 1.29 is 13.9 Å². The van der Waals surface area contributed by atoms with Crippen molar-refractivity contribution in [2.24, 2.45) is 0 Å². The van der Waals surface area contributed by atoms with Crippen LogP contribution in [0.3, 0.4) is 0 Å². The summed E-state index contributed by atoms with van der Waals surface area (Å²) in [7, 11) is 1.34. The molecule has 0 aliphatic rings. The molecule has 1 aromatic heterocycles. The zero-order valence-corrected chi connectivity index (χ0v) is 9.93. The SMILES string of the molecule is COC(=O)Cc1coc2c(Cl)c(Cl)ccc12. The Morgan fingerprint density at radius 2 is 2.19 bits per heavy atom. The fourth-order valence-corrected chi connectivity index (χ4v) is 1.82. The maximum atomic E-state index is 11.2. The van der Waals surface area contributed by atoms with E-state index in [4.69, 9.17) is 27.6 Å². The van der Waals surface area contributed by atoms with E-state index in [1.54, 1.807) is 12.1 Å². The highest BCUT2D eigenvalue weighted by atomic mass is 35.5. The van der Waals surface area contributed by atoms with Gasteiger partial charge < -0.3 is 9.15 Å². The number of furan rings is 1. The zero-order valence-electron chi connectivity index (χ0n) is 8.42. The van der Waals surface area contributed by atoms with Crippen LogP contribution in [0.2, 0.25) is 10.0 Å². The Morgan fingerprint density at radius 3 is 2.88 bits per heavy atom. The van der Waals surface area contributed by atoms with E-state index in [-0.39, 0.29) is 12.4 Å². The van der Waals surface area contributed by atoms with Gasteiger partial charge in [-0.1, -0.05) is 23.2 Å². The van der Waals surface area contributed by atoms with Crippen LogP contribution in [0, 0.1) is 0 Å². The fraction of sp³-hybridized carbons (Fsp3) is 0.182. The van der Waals surface area contributed by atoms with E-state index in [9.17, 15) is 4.79 Å². The summed E-state index contributed by atoms with van der Waals surface area (Å²) >= 11 is 11.8. The number of carbonyl (C=O) groups excluding carboxylic acids is 1. The van der Waals surface area contributed by atoms with Crippen molar-refractivity contribution >= 4 is 40.1 Å². The van der Waals surface area contributed by atoms with Gasteiger partial charge in [0.15, 0.2) is 5.58 Å². The molecule has 16 heavy (non-hydrogen) atoms. The molecule has 2 rings (SSSR count). The van der Waals surface area contributed by atoms with Crippen LogP contribution in [0.15, 0.2) is 22.8 Å². The maximum Gasteiger partial charge on any atom is 0.310 e. The Bertz CT molecular complexity index is 545. The summed E-state index contributed by atoms with van der Waals surface area (Å²) in [5.41, 5.74) is 1.23. The van der Waals surface area contributed by atoms with Gasteiger partial charge in [-0.2, -0.15) is 0 Å². The van der Waals surface area contributed by atoms with Crippen molar-refractivity contribution in [2.45, 2.75) is 6.42 Å². The van der Waals surface area contributed by atoms with Crippen LogP contribution in [0.5, 0.6) is 0 Å². The molecule has 0 aliphatic heterocycles. The van der Waals surface area contributed by atoms with Gasteiger partial charge in [0, 0.05) is 10.9 Å². The molecule has 0 atom stereocenters. The lowest BCUT2D eigenvalue weighted by Gasteiger charge is -1.98. The van der Waals surface area contributed by atoms with Gasteiger partial charge in [-0.05, 0) is 12.1 Å². The van der Waals surface area contributed by atoms with Gasteiger partial charge in [-0.3, -0.25) is 4.79 Å². The van der Waals surface area contributed by atoms with Crippen molar-refractivity contribution in [1.29, 1.82) is 0 Å². The molecule has 1 heterocycles. The van der Waals surface area contributed by atoms with E-state index in [1.165, 1.54) is 13.4 Å². The highest BCUT2D eigenvalue weighted by Gasteiger charge is 2.14. The van der Waals surface area contributed by atoms with E-state index in [0.29, 0.717) is 15.6 Å². The molecule has 1 aromatic carbocycles. The molecule has 2 aromatic rings. The van der Waals surface area contributed by atoms with Crippen LogP contribution in [0.4, 0.5) is 0 Å². The largest absolute Gasteiger partial charge is 0.469 e. The highest BCUT2D eigenvalue weighted by Crippen LogP contribution is 2.33. The normalized spacial score (nSPS) is 10.7. The van der Waals surface area contributed by atoms with E-state index < -0.39 is 0 Å². The number of methoxy groups -OCH3 is 1. The van der Waals surface area contributed by atoms with Crippen molar-refractivity contribution in [3.8, 4) is 0 Å². The quantitative estimate of drug-likeness (QED) is 0.775. The molecule has 84 valence electrons. The third-order valence-corrected chi connectivity index (χ3v) is 3.06. The van der Waals surface area contributed by atoms with Gasteiger partial charge in [0.2, 0.25) is 0 Å². The van der Waals surface area contributed by atoms with Gasteiger partial charge in [0.05, 0.1) is 24.8 Å². The highest BCUT2D eigenvalue weighted by molar-refractivity contribution is 6.44. The minimum Gasteiger partial charge on any atom is -0.469 e. The number of esters is 1. The first kappa shape index (κ1) is 11.3. The van der Waals surface area contributed by atoms with E-state index in [2.05, 4.69) is 4.74 Å². The number of rotatable bonds is 2. The Morgan fingerprint density at radius 1 is 1.44 bits per heavy atom. The molecule has 0 spiro atoms. The van der Waals surface area contributed by atoms with Crippen LogP contribution in [0.1, 0.15) is 5.56 Å². The van der Waals surface area contributed by atoms with Crippen LogP contribution in [-0.2, 0) is 16.0 Å². The van der Waals surface area contributed by atoms with Crippen molar-refractivity contribution in [1.82, 2.24) is 0 Å². The number of hydrogen-bond donors (Lipinski definition) is 0. The molecule has 0 unspecified atom stereocenters. The molecule has 0 aliphatic carbocycles. The first-order chi connectivity index (χ1) is 7.63. The number of ether oxygens (including phenoxy) is 1. The number of halogens is 2. The van der Waals surface area contributed by atoms with Crippen LogP contribution in [-0.4, -0.2) is 13.1 Å². The minimum atomic E-state index is -0.325. The summed E-state index contributed by atoms with van der Waals surface area (Å²) in [6, 6.07) is 3.44. The number of fused-ring (bicyclic) bond motifs is 1. The molecule has 0 saturated heterocycles. The Hall–Kier alpha value is -1.19. The second-order valence-electron chi connectivity index (χ2n) is 3.25. The molecule has 0 fully saturated rings. The molecule has 0 amide bonds. The average molecular weight is 259 g/mol. The third kappa shape index (κ3) is 1.88. The lowest BCUT2D eigenvalue weighted by Crippen LogP contribution is -2.03. The zero-order chi connectivity index (χ0) is 11.7. The number of benzene rings is 1. The van der Waals surface area contributed by atoms with Gasteiger partial charge in [-0.25, -0.2) is 0 Å². The van der Waals surface area contributed by atoms with E-state index in [0.717, 1.165) is 10.9 Å². The fourth-order valence-electron chi connectivity index (χ4n) is 1.46. The molecule has 0 N–H and O–H groups in total. The second-order valence-corrected chi connectivity index (χ2v) is 4.04. The maximum absolute atomic E-state index is 11.2. The summed E-state index contributed by atoms with van der Waals surface area (Å²) in [6.07, 6.45) is 1.64. The smallest absolute Gasteiger partial charge is 0.310 e. The first-order valence-electron chi connectivity index (χ1n) is 4.54. The Balaban J connectivity index is 2.50. The van der Waals surface area contributed by atoms with Gasteiger partial charge in [-0.15, -0.1) is 0 Å². The minimum absolute atomic E-state index is 0.154. The summed E-state index contributed by atoms with van der Waals surface area (Å²) in [5.74, 6) is -0.325. The monoisotopic (exact) mass is 258 g/mol. The summed E-state index contributed by atoms with van der Waals surface area (Å²) in [6.45, 7) is 0. The van der Waals surface area contributed by atoms with Crippen molar-refractivity contribution in [2.75, 3.05) is 7.11 Å². The average Bonchev–Trinajstić information content (AvgIpc) is 2.67. The standard InChI is InChI=1S/C11H8Cl2O3/c1-15-9(14)4-6-5-16-11-7(6)2-3-8(12)10(11)13/h2-3,5H,4H2,1H3. The molecular weight excluding hydrogens is 251 g/mol. The summed E-state index contributed by atoms with van der Waals surface area (Å²) in [4.78, 5) is 11.2. The lowest BCUT2D eigenvalue weighted by molar-refractivity contribution is -0.139. The number of hydrogen-bond acceptors (Lipinski definition) is 3. The Labute approximate surface area is 102 Å². The van der Waals surface area contributed by atoms with Crippen LogP contribution >= 0.6 is 23.2 Å². The number of carbonyl (C=O) groups is 1. The van der Waals surface area contributed by atoms with Gasteiger partial charge in [0.1, 0.15) is 5.02 Å². The predicted molar refractivity (Wildman–Crippen MR) is 62.0 cm³/mol. The predicted octanol–water partition coefficient (Wildman–Crippen LogP) is 3.46. The molecule has 5 heteroatoms. The molecule has 0 saturated carbocycles. The first-order valence-corrected chi connectivity index (χ1v) is 5.30. The lowest BCUT2D eigenvalue weighted by atomic mass is 10.1. The van der Waals surface area contributed by atoms with Crippen LogP contribution < -0.4 is 0 Å².